The second-order valence-corrected chi connectivity index (χ2v) is 9.83. The molecule has 0 heterocycles. The van der Waals surface area contributed by atoms with E-state index in [-0.39, 0.29) is 39.3 Å². The molecule has 0 aromatic rings. The number of hydrogen-bond acceptors (Lipinski definition) is 7. The molecule has 0 saturated carbocycles. The van der Waals surface area contributed by atoms with E-state index in [1.165, 1.54) is 83.5 Å². The molecule has 0 aliphatic rings. The highest BCUT2D eigenvalue weighted by Gasteiger charge is 2.46. The molecule has 0 radical (unpaired) electrons. The highest BCUT2D eigenvalue weighted by molar-refractivity contribution is 5.90. The minimum atomic E-state index is -1.72. The van der Waals surface area contributed by atoms with E-state index in [9.17, 15) is 14.4 Å². The van der Waals surface area contributed by atoms with Crippen molar-refractivity contribution in [1.29, 1.82) is 0 Å². The zero-order valence-electron chi connectivity index (χ0n) is 24.4. The van der Waals surface area contributed by atoms with E-state index in [0.717, 1.165) is 19.3 Å². The van der Waals surface area contributed by atoms with E-state index >= 15 is 0 Å². The van der Waals surface area contributed by atoms with Gasteiger partial charge in [0.25, 0.3) is 0 Å². The van der Waals surface area contributed by atoms with Gasteiger partial charge in [0.05, 0.1) is 32.7 Å². The smallest absolute Gasteiger partial charge is 0.339 e. The zero-order chi connectivity index (χ0) is 27.6. The number of ether oxygens (including phenoxy) is 4. The molecule has 0 amide bonds. The number of hydrogen-bond donors (Lipinski definition) is 0. The summed E-state index contributed by atoms with van der Waals surface area (Å²) in [6.07, 6.45) is 19.5. The lowest BCUT2D eigenvalue weighted by atomic mass is 9.94. The summed E-state index contributed by atoms with van der Waals surface area (Å²) in [5.41, 5.74) is -1.72. The molecular weight excluding hydrogens is 472 g/mol. The van der Waals surface area contributed by atoms with Crippen LogP contribution in [0.3, 0.4) is 0 Å². The van der Waals surface area contributed by atoms with E-state index in [4.69, 9.17) is 18.9 Å². The molecule has 0 aromatic carbocycles. The van der Waals surface area contributed by atoms with Crippen LogP contribution >= 0.6 is 0 Å². The largest absolute Gasteiger partial charge is 0.466 e. The van der Waals surface area contributed by atoms with E-state index in [2.05, 4.69) is 6.92 Å². The summed E-state index contributed by atoms with van der Waals surface area (Å²) < 4.78 is 21.1. The van der Waals surface area contributed by atoms with Gasteiger partial charge in [0.1, 0.15) is 0 Å². The lowest BCUT2D eigenvalue weighted by Gasteiger charge is -2.30. The summed E-state index contributed by atoms with van der Waals surface area (Å²) >= 11 is 0. The Bertz CT molecular complexity index is 556. The molecule has 7 heteroatoms. The summed E-state index contributed by atoms with van der Waals surface area (Å²) in [6, 6.07) is 0. The minimum Gasteiger partial charge on any atom is -0.466 e. The number of esters is 3. The van der Waals surface area contributed by atoms with Crippen molar-refractivity contribution in [1.82, 2.24) is 0 Å². The molecule has 0 atom stereocenters. The van der Waals surface area contributed by atoms with Gasteiger partial charge >= 0.3 is 17.9 Å². The fourth-order valence-electron chi connectivity index (χ4n) is 4.44. The predicted octanol–water partition coefficient (Wildman–Crippen LogP) is 7.47. The van der Waals surface area contributed by atoms with Gasteiger partial charge in [-0.25, -0.2) is 4.79 Å². The molecule has 0 rings (SSSR count). The van der Waals surface area contributed by atoms with E-state index in [1.54, 1.807) is 20.8 Å². The third kappa shape index (κ3) is 19.1. The Balaban J connectivity index is 4.25. The molecule has 0 aromatic heterocycles. The summed E-state index contributed by atoms with van der Waals surface area (Å²) in [7, 11) is 0. The second-order valence-electron chi connectivity index (χ2n) is 9.83. The number of rotatable bonds is 26. The third-order valence-corrected chi connectivity index (χ3v) is 6.49. The van der Waals surface area contributed by atoms with Gasteiger partial charge < -0.3 is 18.9 Å². The van der Waals surface area contributed by atoms with E-state index in [0.29, 0.717) is 0 Å². The summed E-state index contributed by atoms with van der Waals surface area (Å²) in [6.45, 7) is 8.04. The molecule has 0 unspecified atom stereocenters. The van der Waals surface area contributed by atoms with Gasteiger partial charge in [0, 0.05) is 6.61 Å². The van der Waals surface area contributed by atoms with Crippen molar-refractivity contribution in [3.05, 3.63) is 0 Å². The average molecular weight is 529 g/mol. The molecule has 0 aliphatic heterocycles. The Morgan fingerprint density at radius 2 is 0.838 bits per heavy atom. The molecule has 0 saturated heterocycles. The van der Waals surface area contributed by atoms with E-state index in [1.807, 2.05) is 0 Å². The van der Waals surface area contributed by atoms with Gasteiger partial charge in [-0.3, -0.25) is 9.59 Å². The normalized spacial score (nSPS) is 11.4. The Morgan fingerprint density at radius 3 is 1.19 bits per heavy atom. The average Bonchev–Trinajstić information content (AvgIpc) is 2.86. The maximum absolute atomic E-state index is 12.8. The first kappa shape index (κ1) is 35.4. The summed E-state index contributed by atoms with van der Waals surface area (Å²) in [5, 5.41) is 0. The molecule has 37 heavy (non-hydrogen) atoms. The monoisotopic (exact) mass is 528 g/mol. The quantitative estimate of drug-likeness (QED) is 0.0653. The summed E-state index contributed by atoms with van der Waals surface area (Å²) in [5.74, 6) is -1.94. The fourth-order valence-corrected chi connectivity index (χ4v) is 4.44. The van der Waals surface area contributed by atoms with Gasteiger partial charge in [0.15, 0.2) is 5.60 Å². The first-order valence-electron chi connectivity index (χ1n) is 15.1. The van der Waals surface area contributed by atoms with Crippen LogP contribution in [0.25, 0.3) is 0 Å². The van der Waals surface area contributed by atoms with Crippen molar-refractivity contribution in [2.45, 2.75) is 149 Å². The van der Waals surface area contributed by atoms with Crippen molar-refractivity contribution in [3.8, 4) is 0 Å². The van der Waals surface area contributed by atoms with Crippen molar-refractivity contribution < 1.29 is 33.3 Å². The molecule has 0 aliphatic carbocycles. The fraction of sp³-hybridized carbons (Fsp3) is 0.900. The lowest BCUT2D eigenvalue weighted by Crippen LogP contribution is -2.47. The Kier molecular flexibility index (Phi) is 23.6. The molecule has 0 spiro atoms. The highest BCUT2D eigenvalue weighted by atomic mass is 16.6. The topological polar surface area (TPSA) is 88.1 Å². The van der Waals surface area contributed by atoms with Gasteiger partial charge in [-0.15, -0.1) is 0 Å². The van der Waals surface area contributed by atoms with Crippen LogP contribution in [0.15, 0.2) is 0 Å². The van der Waals surface area contributed by atoms with Crippen molar-refractivity contribution in [2.24, 2.45) is 0 Å². The van der Waals surface area contributed by atoms with Crippen LogP contribution in [0.2, 0.25) is 0 Å². The van der Waals surface area contributed by atoms with Crippen LogP contribution in [0.4, 0.5) is 0 Å². The third-order valence-electron chi connectivity index (χ3n) is 6.49. The lowest BCUT2D eigenvalue weighted by molar-refractivity contribution is -0.185. The van der Waals surface area contributed by atoms with Gasteiger partial charge in [0.2, 0.25) is 0 Å². The molecular formula is C30H56O7. The summed E-state index contributed by atoms with van der Waals surface area (Å²) in [4.78, 5) is 37.2. The van der Waals surface area contributed by atoms with Crippen molar-refractivity contribution in [2.75, 3.05) is 26.4 Å². The first-order valence-corrected chi connectivity index (χ1v) is 15.1. The number of carbonyl (C=O) groups excluding carboxylic acids is 3. The Labute approximate surface area is 226 Å². The zero-order valence-corrected chi connectivity index (χ0v) is 24.4. The predicted molar refractivity (Wildman–Crippen MR) is 147 cm³/mol. The van der Waals surface area contributed by atoms with Gasteiger partial charge in [-0.1, -0.05) is 103 Å². The number of carbonyl (C=O) groups is 3. The van der Waals surface area contributed by atoms with E-state index < -0.39 is 23.5 Å². The molecule has 7 nitrogen and oxygen atoms in total. The molecule has 218 valence electrons. The molecule has 0 fully saturated rings. The SMILES string of the molecule is CCCCCCCCCCCCCCCCCCOC(CC(=O)OCC)(CC(=O)OCC)C(=O)OCC. The maximum atomic E-state index is 12.8. The van der Waals surface area contributed by atoms with Crippen LogP contribution in [-0.4, -0.2) is 49.9 Å². The molecule has 0 bridgehead atoms. The van der Waals surface area contributed by atoms with Crippen LogP contribution in [0.5, 0.6) is 0 Å². The van der Waals surface area contributed by atoms with Crippen molar-refractivity contribution in [3.63, 3.8) is 0 Å². The Hall–Kier alpha value is -1.63. The number of unbranched alkanes of at least 4 members (excludes halogenated alkanes) is 15. The van der Waals surface area contributed by atoms with Gasteiger partial charge in [-0.05, 0) is 27.2 Å². The van der Waals surface area contributed by atoms with Crippen molar-refractivity contribution >= 4 is 17.9 Å². The minimum absolute atomic E-state index is 0.120. The van der Waals surface area contributed by atoms with Crippen LogP contribution in [-0.2, 0) is 33.3 Å². The highest BCUT2D eigenvalue weighted by Crippen LogP contribution is 2.26. The Morgan fingerprint density at radius 1 is 0.486 bits per heavy atom. The molecule has 0 N–H and O–H groups in total. The first-order chi connectivity index (χ1) is 18.0. The van der Waals surface area contributed by atoms with Crippen LogP contribution in [0.1, 0.15) is 143 Å². The standard InChI is InChI=1S/C30H56O7/c1-5-9-10-11-12-13-14-15-16-17-18-19-20-21-22-23-24-37-30(29(33)36-8-4,25-27(31)34-6-2)26-28(32)35-7-3/h5-26H2,1-4H3. The van der Waals surface area contributed by atoms with Crippen LogP contribution in [0, 0.1) is 0 Å². The maximum Gasteiger partial charge on any atom is 0.339 e. The second kappa shape index (κ2) is 24.7. The van der Waals surface area contributed by atoms with Crippen LogP contribution < -0.4 is 0 Å². The van der Waals surface area contributed by atoms with Gasteiger partial charge in [-0.2, -0.15) is 0 Å².